The molecule has 0 saturated carbocycles. The molecule has 0 spiro atoms. The number of carboxylic acid groups (broad SMARTS) is 1. The summed E-state index contributed by atoms with van der Waals surface area (Å²) in [4.78, 5) is 11.9. The summed E-state index contributed by atoms with van der Waals surface area (Å²) in [6.07, 6.45) is 0.905. The Bertz CT molecular complexity index is 640. The molecule has 0 fully saturated rings. The molecule has 1 heterocycles. The van der Waals surface area contributed by atoms with E-state index < -0.39 is 5.97 Å². The number of carboxylic acids is 1. The fourth-order valence-electron chi connectivity index (χ4n) is 1.79. The molecule has 2 rings (SSSR count). The lowest BCUT2D eigenvalue weighted by atomic mass is 10.2. The average Bonchev–Trinajstić information content (AvgIpc) is 2.78. The number of aryl methyl sites for hydroxylation is 2. The van der Waals surface area contributed by atoms with Crippen LogP contribution in [0.15, 0.2) is 29.2 Å². The summed E-state index contributed by atoms with van der Waals surface area (Å²) >= 11 is 7.42. The molecule has 4 nitrogen and oxygen atoms in total. The maximum atomic E-state index is 11.0. The summed E-state index contributed by atoms with van der Waals surface area (Å²) < 4.78 is 1.86. The molecule has 106 valence electrons. The van der Waals surface area contributed by atoms with Crippen LogP contribution in [0.2, 0.25) is 5.02 Å². The number of carbonyl (C=O) groups is 1. The number of thioether (sulfide) groups is 1. The quantitative estimate of drug-likeness (QED) is 0.857. The second kappa shape index (κ2) is 6.33. The molecule has 20 heavy (non-hydrogen) atoms. The minimum atomic E-state index is -1.01. The summed E-state index contributed by atoms with van der Waals surface area (Å²) in [5, 5.41) is 13.7. The topological polar surface area (TPSA) is 55.1 Å². The van der Waals surface area contributed by atoms with Gasteiger partial charge in [-0.2, -0.15) is 5.10 Å². The van der Waals surface area contributed by atoms with E-state index >= 15 is 0 Å². The van der Waals surface area contributed by atoms with Crippen molar-refractivity contribution in [1.29, 1.82) is 0 Å². The molecule has 0 unspecified atom stereocenters. The molecule has 0 amide bonds. The molecule has 0 aliphatic rings. The molecule has 1 aromatic carbocycles. The second-order valence-corrected chi connectivity index (χ2v) is 5.80. The van der Waals surface area contributed by atoms with Crippen molar-refractivity contribution >= 4 is 29.3 Å². The summed E-state index contributed by atoms with van der Waals surface area (Å²) in [5.41, 5.74) is 2.31. The minimum Gasteiger partial charge on any atom is -0.478 e. The zero-order chi connectivity index (χ0) is 14.7. The van der Waals surface area contributed by atoms with E-state index in [9.17, 15) is 4.79 Å². The predicted octanol–water partition coefficient (Wildman–Crippen LogP) is 3.63. The van der Waals surface area contributed by atoms with Crippen LogP contribution in [0.5, 0.6) is 0 Å². The summed E-state index contributed by atoms with van der Waals surface area (Å²) in [6.45, 7) is 2.07. The molecule has 1 aromatic heterocycles. The summed E-state index contributed by atoms with van der Waals surface area (Å²) in [7, 11) is 1.92. The van der Waals surface area contributed by atoms with Crippen LogP contribution in [0.3, 0.4) is 0 Å². The lowest BCUT2D eigenvalue weighted by Gasteiger charge is -2.05. The Kier molecular flexibility index (Phi) is 4.73. The number of hydrogen-bond acceptors (Lipinski definition) is 3. The minimum absolute atomic E-state index is 0.135. The normalized spacial score (nSPS) is 10.8. The Labute approximate surface area is 126 Å². The highest BCUT2D eigenvalue weighted by Gasteiger charge is 2.10. The first-order valence-corrected chi connectivity index (χ1v) is 7.55. The Morgan fingerprint density at radius 1 is 1.45 bits per heavy atom. The number of hydrogen-bond donors (Lipinski definition) is 1. The average molecular weight is 311 g/mol. The number of nitrogens with zero attached hydrogens (tertiary/aromatic N) is 2. The summed E-state index contributed by atoms with van der Waals surface area (Å²) in [6, 6.07) is 7.12. The van der Waals surface area contributed by atoms with E-state index in [1.54, 1.807) is 23.9 Å². The fourth-order valence-corrected chi connectivity index (χ4v) is 2.94. The van der Waals surface area contributed by atoms with Gasteiger partial charge in [-0.1, -0.05) is 18.5 Å². The molecule has 6 heteroatoms. The largest absolute Gasteiger partial charge is 0.478 e. The van der Waals surface area contributed by atoms with Crippen LogP contribution in [0.25, 0.3) is 0 Å². The van der Waals surface area contributed by atoms with Crippen LogP contribution >= 0.6 is 23.4 Å². The molecular weight excluding hydrogens is 296 g/mol. The van der Waals surface area contributed by atoms with Gasteiger partial charge in [0.25, 0.3) is 0 Å². The molecule has 0 atom stereocenters. The second-order valence-electron chi connectivity index (χ2n) is 4.34. The third-order valence-corrected chi connectivity index (χ3v) is 4.30. The zero-order valence-corrected chi connectivity index (χ0v) is 12.8. The van der Waals surface area contributed by atoms with Gasteiger partial charge in [0.05, 0.1) is 16.3 Å². The van der Waals surface area contributed by atoms with Gasteiger partial charge < -0.3 is 5.11 Å². The number of aromatic nitrogens is 2. The third-order valence-electron chi connectivity index (χ3n) is 2.94. The molecule has 0 aliphatic heterocycles. The van der Waals surface area contributed by atoms with E-state index in [1.165, 1.54) is 0 Å². The van der Waals surface area contributed by atoms with Crippen molar-refractivity contribution in [2.75, 3.05) is 0 Å². The van der Waals surface area contributed by atoms with Crippen LogP contribution in [0, 0.1) is 0 Å². The van der Waals surface area contributed by atoms with Crippen LogP contribution < -0.4 is 0 Å². The van der Waals surface area contributed by atoms with Crippen LogP contribution in [0.1, 0.15) is 28.7 Å². The highest BCUT2D eigenvalue weighted by molar-refractivity contribution is 7.98. The van der Waals surface area contributed by atoms with Crippen LogP contribution in [-0.4, -0.2) is 20.9 Å². The van der Waals surface area contributed by atoms with E-state index in [0.29, 0.717) is 0 Å². The van der Waals surface area contributed by atoms with Gasteiger partial charge in [-0.05, 0) is 30.7 Å². The first-order valence-electron chi connectivity index (χ1n) is 6.18. The highest BCUT2D eigenvalue weighted by atomic mass is 35.5. The maximum absolute atomic E-state index is 11.0. The lowest BCUT2D eigenvalue weighted by Crippen LogP contribution is -1.98. The van der Waals surface area contributed by atoms with E-state index in [1.807, 2.05) is 17.8 Å². The fraction of sp³-hybridized carbons (Fsp3) is 0.286. The van der Waals surface area contributed by atoms with Crippen molar-refractivity contribution in [3.05, 3.63) is 46.2 Å². The molecule has 0 aliphatic carbocycles. The first-order chi connectivity index (χ1) is 9.51. The maximum Gasteiger partial charge on any atom is 0.337 e. The van der Waals surface area contributed by atoms with E-state index in [2.05, 4.69) is 18.1 Å². The van der Waals surface area contributed by atoms with Gasteiger partial charge >= 0.3 is 5.97 Å². The summed E-state index contributed by atoms with van der Waals surface area (Å²) in [5.74, 6) is -0.268. The van der Waals surface area contributed by atoms with Gasteiger partial charge in [0.1, 0.15) is 0 Å². The number of rotatable bonds is 5. The third kappa shape index (κ3) is 3.35. The van der Waals surface area contributed by atoms with Gasteiger partial charge in [0.15, 0.2) is 0 Å². The van der Waals surface area contributed by atoms with Gasteiger partial charge in [-0.25, -0.2) is 4.79 Å². The van der Waals surface area contributed by atoms with E-state index in [4.69, 9.17) is 16.7 Å². The van der Waals surface area contributed by atoms with Crippen molar-refractivity contribution < 1.29 is 9.90 Å². The Hall–Kier alpha value is -1.46. The predicted molar refractivity (Wildman–Crippen MR) is 80.6 cm³/mol. The lowest BCUT2D eigenvalue weighted by molar-refractivity contribution is 0.0697. The number of benzene rings is 1. The Balaban J connectivity index is 2.12. The van der Waals surface area contributed by atoms with Crippen molar-refractivity contribution in [2.24, 2.45) is 7.05 Å². The number of halogens is 1. The highest BCUT2D eigenvalue weighted by Crippen LogP contribution is 2.27. The Morgan fingerprint density at radius 3 is 2.80 bits per heavy atom. The molecular formula is C14H15ClN2O2S. The van der Waals surface area contributed by atoms with Gasteiger partial charge in [0, 0.05) is 23.4 Å². The van der Waals surface area contributed by atoms with Gasteiger partial charge in [0.2, 0.25) is 0 Å². The van der Waals surface area contributed by atoms with Gasteiger partial charge in [-0.3, -0.25) is 4.68 Å². The monoisotopic (exact) mass is 310 g/mol. The molecule has 0 radical (unpaired) electrons. The smallest absolute Gasteiger partial charge is 0.337 e. The van der Waals surface area contributed by atoms with E-state index in [-0.39, 0.29) is 10.6 Å². The van der Waals surface area contributed by atoms with Crippen molar-refractivity contribution in [1.82, 2.24) is 9.78 Å². The SMILES string of the molecule is CCc1cc(CSc2ccc(Cl)c(C(=O)O)c2)n(C)n1. The van der Waals surface area contributed by atoms with Gasteiger partial charge in [-0.15, -0.1) is 11.8 Å². The van der Waals surface area contributed by atoms with Crippen molar-refractivity contribution in [3.8, 4) is 0 Å². The Morgan fingerprint density at radius 2 is 2.20 bits per heavy atom. The molecule has 0 bridgehead atoms. The molecule has 0 saturated heterocycles. The first kappa shape index (κ1) is 14.9. The van der Waals surface area contributed by atoms with Crippen molar-refractivity contribution in [3.63, 3.8) is 0 Å². The zero-order valence-electron chi connectivity index (χ0n) is 11.3. The molecule has 2 aromatic rings. The molecule has 1 N–H and O–H groups in total. The number of aromatic carboxylic acids is 1. The van der Waals surface area contributed by atoms with Crippen LogP contribution in [-0.2, 0) is 19.2 Å². The van der Waals surface area contributed by atoms with Crippen molar-refractivity contribution in [2.45, 2.75) is 24.0 Å². The standard InChI is InChI=1S/C14H15ClN2O2S/c1-3-9-6-10(17(2)16-9)8-20-11-4-5-13(15)12(7-11)14(18)19/h4-7H,3,8H2,1-2H3,(H,18,19). The van der Waals surface area contributed by atoms with Crippen LogP contribution in [0.4, 0.5) is 0 Å². The van der Waals surface area contributed by atoms with E-state index in [0.717, 1.165) is 28.5 Å².